The van der Waals surface area contributed by atoms with Gasteiger partial charge in [0.05, 0.1) is 0 Å². The zero-order chi connectivity index (χ0) is 12.7. The number of hydrogen-bond donors (Lipinski definition) is 0. The highest BCUT2D eigenvalue weighted by molar-refractivity contribution is 6.83. The minimum absolute atomic E-state index is 0.867. The molecule has 0 N–H and O–H groups in total. The van der Waals surface area contributed by atoms with Gasteiger partial charge in [-0.25, -0.2) is 0 Å². The van der Waals surface area contributed by atoms with Crippen LogP contribution >= 0.6 is 0 Å². The molecular weight excluding hydrogens is 224 g/mol. The number of unbranched alkanes of at least 4 members (excludes halogenated alkanes) is 2. The Balaban J connectivity index is 3.58. The van der Waals surface area contributed by atoms with E-state index in [4.69, 9.17) is 0 Å². The first kappa shape index (κ1) is 15.7. The Morgan fingerprint density at radius 1 is 0.938 bits per heavy atom. The first-order valence-corrected chi connectivity index (χ1v) is 13.6. The lowest BCUT2D eigenvalue weighted by molar-refractivity contribution is 0.884. The minimum Gasteiger partial charge on any atom is -0.132 e. The van der Waals surface area contributed by atoms with Gasteiger partial charge in [0.15, 0.2) is 0 Å². The van der Waals surface area contributed by atoms with Crippen LogP contribution in [0.3, 0.4) is 0 Å². The second-order valence-corrected chi connectivity index (χ2v) is 17.0. The molecule has 0 aliphatic carbocycles. The molecule has 0 radical (unpaired) electrons. The molecule has 0 saturated carbocycles. The van der Waals surface area contributed by atoms with E-state index in [2.05, 4.69) is 62.9 Å². The molecule has 92 valence electrons. The Kier molecular flexibility index (Phi) is 7.02. The van der Waals surface area contributed by atoms with Crippen molar-refractivity contribution in [1.82, 2.24) is 0 Å². The van der Waals surface area contributed by atoms with Crippen molar-refractivity contribution in [3.63, 3.8) is 0 Å². The van der Waals surface area contributed by atoms with Gasteiger partial charge < -0.3 is 0 Å². The van der Waals surface area contributed by atoms with E-state index < -0.39 is 16.1 Å². The molecule has 0 nitrogen and oxygen atoms in total. The summed E-state index contributed by atoms with van der Waals surface area (Å²) in [5.41, 5.74) is 3.41. The number of rotatable bonds is 5. The Morgan fingerprint density at radius 3 is 2.06 bits per heavy atom. The molecule has 0 fully saturated rings. The standard InChI is InChI=1S/C14H28Si2/c1-15(2,3)13-11-9-7-8-10-12-14-16(4,5)6/h9,11H,7-8,10,13H2,1-6H3/b11-9+. The van der Waals surface area contributed by atoms with Crippen molar-refractivity contribution in [2.24, 2.45) is 0 Å². The zero-order valence-electron chi connectivity index (χ0n) is 12.0. The Morgan fingerprint density at radius 2 is 1.56 bits per heavy atom. The van der Waals surface area contributed by atoms with Gasteiger partial charge in [0, 0.05) is 14.5 Å². The normalized spacial score (nSPS) is 12.6. The van der Waals surface area contributed by atoms with Crippen molar-refractivity contribution in [2.75, 3.05) is 0 Å². The molecule has 0 amide bonds. The Bertz CT molecular complexity index is 266. The molecule has 0 aromatic rings. The minimum atomic E-state index is -1.13. The third-order valence-corrected chi connectivity index (χ3v) is 4.42. The van der Waals surface area contributed by atoms with E-state index in [-0.39, 0.29) is 0 Å². The van der Waals surface area contributed by atoms with Crippen LogP contribution in [0.1, 0.15) is 19.3 Å². The second kappa shape index (κ2) is 7.14. The third-order valence-electron chi connectivity index (χ3n) is 2.03. The lowest BCUT2D eigenvalue weighted by atomic mass is 10.2. The van der Waals surface area contributed by atoms with Crippen molar-refractivity contribution >= 4 is 16.1 Å². The zero-order valence-corrected chi connectivity index (χ0v) is 14.0. The lowest BCUT2D eigenvalue weighted by Crippen LogP contribution is -2.17. The van der Waals surface area contributed by atoms with Gasteiger partial charge in [-0.05, 0) is 18.9 Å². The highest BCUT2D eigenvalue weighted by atomic mass is 28.3. The highest BCUT2D eigenvalue weighted by Gasteiger charge is 2.09. The molecule has 0 rings (SSSR count). The summed E-state index contributed by atoms with van der Waals surface area (Å²) in [5.74, 6) is 3.32. The van der Waals surface area contributed by atoms with Gasteiger partial charge in [-0.15, -0.1) is 11.5 Å². The maximum atomic E-state index is 3.41. The van der Waals surface area contributed by atoms with Crippen LogP contribution in [0.15, 0.2) is 12.2 Å². The quantitative estimate of drug-likeness (QED) is 0.282. The van der Waals surface area contributed by atoms with Gasteiger partial charge in [-0.2, -0.15) is 0 Å². The van der Waals surface area contributed by atoms with Crippen LogP contribution in [0.4, 0.5) is 0 Å². The van der Waals surface area contributed by atoms with E-state index in [1.807, 2.05) is 0 Å². The fraction of sp³-hybridized carbons (Fsp3) is 0.714. The van der Waals surface area contributed by atoms with Gasteiger partial charge in [-0.1, -0.05) is 51.4 Å². The van der Waals surface area contributed by atoms with E-state index in [0.29, 0.717) is 0 Å². The van der Waals surface area contributed by atoms with Crippen LogP contribution in [-0.2, 0) is 0 Å². The van der Waals surface area contributed by atoms with Gasteiger partial charge in [0.2, 0.25) is 0 Å². The van der Waals surface area contributed by atoms with Gasteiger partial charge in [-0.3, -0.25) is 0 Å². The summed E-state index contributed by atoms with van der Waals surface area (Å²) in [6, 6.07) is 1.31. The average molecular weight is 253 g/mol. The second-order valence-electron chi connectivity index (χ2n) is 6.68. The van der Waals surface area contributed by atoms with E-state index in [9.17, 15) is 0 Å². The van der Waals surface area contributed by atoms with E-state index in [1.165, 1.54) is 18.9 Å². The summed E-state index contributed by atoms with van der Waals surface area (Å²) in [6.07, 6.45) is 8.21. The maximum absolute atomic E-state index is 3.41. The fourth-order valence-electron chi connectivity index (χ4n) is 1.19. The highest BCUT2D eigenvalue weighted by Crippen LogP contribution is 2.09. The smallest absolute Gasteiger partial charge is 0.129 e. The number of hydrogen-bond acceptors (Lipinski definition) is 0. The third kappa shape index (κ3) is 13.7. The number of allylic oxidation sites excluding steroid dienone is 2. The monoisotopic (exact) mass is 252 g/mol. The van der Waals surface area contributed by atoms with Gasteiger partial charge in [0.25, 0.3) is 0 Å². The SMILES string of the molecule is C[Si](C)(C)C#CCCC/C=C/C[Si](C)(C)C. The molecule has 16 heavy (non-hydrogen) atoms. The van der Waals surface area contributed by atoms with Crippen molar-refractivity contribution in [2.45, 2.75) is 64.6 Å². The van der Waals surface area contributed by atoms with Crippen LogP contribution in [0, 0.1) is 11.5 Å². The van der Waals surface area contributed by atoms with Gasteiger partial charge in [0.1, 0.15) is 8.07 Å². The van der Waals surface area contributed by atoms with Crippen molar-refractivity contribution in [3.05, 3.63) is 12.2 Å². The van der Waals surface area contributed by atoms with Crippen molar-refractivity contribution in [1.29, 1.82) is 0 Å². The molecule has 0 heterocycles. The van der Waals surface area contributed by atoms with Crippen LogP contribution in [0.2, 0.25) is 45.3 Å². The molecule has 0 unspecified atom stereocenters. The molecule has 0 spiro atoms. The summed E-state index contributed by atoms with van der Waals surface area (Å²) >= 11 is 0. The topological polar surface area (TPSA) is 0 Å². The Labute approximate surface area is 105 Å². The molecule has 0 bridgehead atoms. The molecule has 0 saturated heterocycles. The summed E-state index contributed by atoms with van der Waals surface area (Å²) < 4.78 is 0. The average Bonchev–Trinajstić information content (AvgIpc) is 2.06. The molecule has 2 heteroatoms. The molecular formula is C14H28Si2. The van der Waals surface area contributed by atoms with Gasteiger partial charge >= 0.3 is 0 Å². The van der Waals surface area contributed by atoms with Crippen LogP contribution in [0.5, 0.6) is 0 Å². The predicted molar refractivity (Wildman–Crippen MR) is 82.3 cm³/mol. The van der Waals surface area contributed by atoms with E-state index >= 15 is 0 Å². The maximum Gasteiger partial charge on any atom is 0.129 e. The van der Waals surface area contributed by atoms with E-state index in [0.717, 1.165) is 6.42 Å². The molecule has 0 aliphatic rings. The summed E-state index contributed by atoms with van der Waals surface area (Å²) in [6.45, 7) is 14.1. The van der Waals surface area contributed by atoms with E-state index in [1.54, 1.807) is 0 Å². The molecule has 0 atom stereocenters. The van der Waals surface area contributed by atoms with Crippen LogP contribution < -0.4 is 0 Å². The molecule has 0 aromatic heterocycles. The summed E-state index contributed by atoms with van der Waals surface area (Å²) in [4.78, 5) is 0. The molecule has 0 aromatic carbocycles. The van der Waals surface area contributed by atoms with Crippen molar-refractivity contribution < 1.29 is 0 Å². The first-order valence-electron chi connectivity index (χ1n) is 6.36. The largest absolute Gasteiger partial charge is 0.132 e. The fourth-order valence-corrected chi connectivity index (χ4v) is 2.72. The van der Waals surface area contributed by atoms with Crippen LogP contribution in [0.25, 0.3) is 0 Å². The van der Waals surface area contributed by atoms with Crippen molar-refractivity contribution in [3.8, 4) is 11.5 Å². The first-order chi connectivity index (χ1) is 7.21. The molecule has 0 aliphatic heterocycles. The summed E-state index contributed by atoms with van der Waals surface area (Å²) in [7, 11) is -2.00. The summed E-state index contributed by atoms with van der Waals surface area (Å²) in [5, 5.41) is 0. The lowest BCUT2D eigenvalue weighted by Gasteiger charge is -2.11. The predicted octanol–water partition coefficient (Wildman–Crippen LogP) is 4.93. The van der Waals surface area contributed by atoms with Crippen LogP contribution in [-0.4, -0.2) is 16.1 Å². The Hall–Kier alpha value is -0.266.